The van der Waals surface area contributed by atoms with E-state index in [-0.39, 0.29) is 5.91 Å². The molecule has 6 nitrogen and oxygen atoms in total. The Morgan fingerprint density at radius 2 is 2.20 bits per heavy atom. The third kappa shape index (κ3) is 4.70. The van der Waals surface area contributed by atoms with Gasteiger partial charge in [0.25, 0.3) is 0 Å². The fourth-order valence-electron chi connectivity index (χ4n) is 2.24. The van der Waals surface area contributed by atoms with Crippen molar-refractivity contribution in [3.8, 4) is 0 Å². The van der Waals surface area contributed by atoms with Crippen molar-refractivity contribution >= 4 is 11.9 Å². The van der Waals surface area contributed by atoms with Crippen LogP contribution in [0, 0.1) is 6.92 Å². The number of urea groups is 1. The predicted octanol–water partition coefficient (Wildman–Crippen LogP) is 1.53. The van der Waals surface area contributed by atoms with Gasteiger partial charge in [-0.1, -0.05) is 0 Å². The van der Waals surface area contributed by atoms with Crippen molar-refractivity contribution in [3.05, 3.63) is 23.7 Å². The number of hydrogen-bond donors (Lipinski definition) is 2. The molecule has 1 aromatic heterocycles. The number of nitrogens with one attached hydrogen (secondary N) is 1. The summed E-state index contributed by atoms with van der Waals surface area (Å²) in [6, 6.07) is 3.75. The summed E-state index contributed by atoms with van der Waals surface area (Å²) in [6.07, 6.45) is 3.42. The summed E-state index contributed by atoms with van der Waals surface area (Å²) in [5, 5.41) is 2.08. The van der Waals surface area contributed by atoms with Gasteiger partial charge < -0.3 is 10.2 Å². The number of nitrogens with two attached hydrogens (primary N) is 1. The van der Waals surface area contributed by atoms with Crippen molar-refractivity contribution in [2.45, 2.75) is 45.2 Å². The Balaban J connectivity index is 1.75. The van der Waals surface area contributed by atoms with Gasteiger partial charge in [0.15, 0.2) is 0 Å². The molecular formula is C14H21N3O3. The third-order valence-corrected chi connectivity index (χ3v) is 3.33. The van der Waals surface area contributed by atoms with Crippen LogP contribution in [-0.2, 0) is 11.3 Å². The predicted molar refractivity (Wildman–Crippen MR) is 73.8 cm³/mol. The van der Waals surface area contributed by atoms with Crippen LogP contribution in [0.1, 0.15) is 37.2 Å². The van der Waals surface area contributed by atoms with Crippen LogP contribution in [-0.4, -0.2) is 29.4 Å². The Morgan fingerprint density at radius 3 is 2.75 bits per heavy atom. The standard InChI is InChI=1S/C14H21N3O3/c1-10-4-7-12(20-10)9-17(11-5-6-11)8-2-3-13(18)16-14(15)19/h4,7,11H,2-3,5-6,8-9H2,1H3,(H3,15,16,18,19). The third-order valence-electron chi connectivity index (χ3n) is 3.33. The quantitative estimate of drug-likeness (QED) is 0.792. The molecule has 0 aromatic carbocycles. The highest BCUT2D eigenvalue weighted by Gasteiger charge is 2.29. The maximum Gasteiger partial charge on any atom is 0.318 e. The SMILES string of the molecule is Cc1ccc(CN(CCCC(=O)NC(N)=O)C2CC2)o1. The first-order valence-electron chi connectivity index (χ1n) is 6.93. The molecule has 0 atom stereocenters. The molecule has 1 aliphatic carbocycles. The van der Waals surface area contributed by atoms with E-state index in [1.54, 1.807) is 0 Å². The molecule has 3 amide bonds. The maximum atomic E-state index is 11.3. The highest BCUT2D eigenvalue weighted by atomic mass is 16.3. The van der Waals surface area contributed by atoms with Gasteiger partial charge in [-0.25, -0.2) is 4.79 Å². The maximum absolute atomic E-state index is 11.3. The van der Waals surface area contributed by atoms with E-state index in [1.165, 1.54) is 12.8 Å². The Kier molecular flexibility index (Phi) is 4.79. The topological polar surface area (TPSA) is 88.6 Å². The molecule has 2 rings (SSSR count). The molecule has 0 spiro atoms. The van der Waals surface area contributed by atoms with E-state index in [0.29, 0.717) is 18.9 Å². The molecule has 1 heterocycles. The van der Waals surface area contributed by atoms with E-state index in [4.69, 9.17) is 10.2 Å². The number of hydrogen-bond acceptors (Lipinski definition) is 4. The van der Waals surface area contributed by atoms with Crippen molar-refractivity contribution in [2.75, 3.05) is 6.54 Å². The Bertz CT molecular complexity index is 480. The molecule has 6 heteroatoms. The molecule has 110 valence electrons. The average molecular weight is 279 g/mol. The monoisotopic (exact) mass is 279 g/mol. The highest BCUT2D eigenvalue weighted by molar-refractivity contribution is 5.93. The van der Waals surface area contributed by atoms with Gasteiger partial charge in [0.05, 0.1) is 6.54 Å². The van der Waals surface area contributed by atoms with Crippen LogP contribution in [0.3, 0.4) is 0 Å². The van der Waals surface area contributed by atoms with Gasteiger partial charge in [0.2, 0.25) is 5.91 Å². The number of nitrogens with zero attached hydrogens (tertiary/aromatic N) is 1. The van der Waals surface area contributed by atoms with E-state index in [2.05, 4.69) is 10.2 Å². The number of rotatable bonds is 7. The zero-order valence-corrected chi connectivity index (χ0v) is 11.7. The van der Waals surface area contributed by atoms with E-state index in [9.17, 15) is 9.59 Å². The van der Waals surface area contributed by atoms with Gasteiger partial charge in [-0.3, -0.25) is 15.0 Å². The van der Waals surface area contributed by atoms with Crippen molar-refractivity contribution in [3.63, 3.8) is 0 Å². The van der Waals surface area contributed by atoms with Gasteiger partial charge in [0, 0.05) is 12.5 Å². The Labute approximate surface area is 118 Å². The molecule has 1 saturated carbocycles. The molecule has 0 bridgehead atoms. The molecule has 0 radical (unpaired) electrons. The fourth-order valence-corrected chi connectivity index (χ4v) is 2.24. The van der Waals surface area contributed by atoms with E-state index in [0.717, 1.165) is 24.6 Å². The summed E-state index contributed by atoms with van der Waals surface area (Å²) in [6.45, 7) is 3.52. The van der Waals surface area contributed by atoms with E-state index < -0.39 is 6.03 Å². The summed E-state index contributed by atoms with van der Waals surface area (Å²) in [4.78, 5) is 24.2. The lowest BCUT2D eigenvalue weighted by molar-refractivity contribution is -0.120. The second-order valence-electron chi connectivity index (χ2n) is 5.23. The lowest BCUT2D eigenvalue weighted by atomic mass is 10.2. The molecule has 1 aliphatic rings. The minimum absolute atomic E-state index is 0.309. The number of carbonyl (C=O) groups excluding carboxylic acids is 2. The van der Waals surface area contributed by atoms with Gasteiger partial charge in [0.1, 0.15) is 11.5 Å². The molecule has 1 fully saturated rings. The van der Waals surface area contributed by atoms with Crippen LogP contribution in [0.2, 0.25) is 0 Å². The van der Waals surface area contributed by atoms with Crippen LogP contribution in [0.4, 0.5) is 4.79 Å². The molecule has 1 aromatic rings. The number of primary amides is 1. The lowest BCUT2D eigenvalue weighted by Crippen LogP contribution is -2.35. The first-order chi connectivity index (χ1) is 9.54. The summed E-state index contributed by atoms with van der Waals surface area (Å²) in [7, 11) is 0. The number of aryl methyl sites for hydroxylation is 1. The summed E-state index contributed by atoms with van der Waals surface area (Å²) >= 11 is 0. The molecule has 0 aliphatic heterocycles. The zero-order valence-electron chi connectivity index (χ0n) is 11.7. The van der Waals surface area contributed by atoms with E-state index in [1.807, 2.05) is 19.1 Å². The van der Waals surface area contributed by atoms with Gasteiger partial charge in [-0.15, -0.1) is 0 Å². The molecule has 0 unspecified atom stereocenters. The van der Waals surface area contributed by atoms with Crippen LogP contribution in [0.25, 0.3) is 0 Å². The smallest absolute Gasteiger partial charge is 0.318 e. The molecule has 3 N–H and O–H groups in total. The second-order valence-corrected chi connectivity index (χ2v) is 5.23. The largest absolute Gasteiger partial charge is 0.465 e. The van der Waals surface area contributed by atoms with Gasteiger partial charge in [-0.2, -0.15) is 0 Å². The Hall–Kier alpha value is -1.82. The minimum atomic E-state index is -0.792. The summed E-state index contributed by atoms with van der Waals surface area (Å²) in [5.74, 6) is 1.55. The van der Waals surface area contributed by atoms with E-state index >= 15 is 0 Å². The summed E-state index contributed by atoms with van der Waals surface area (Å²) in [5.41, 5.74) is 4.89. The van der Waals surface area contributed by atoms with Gasteiger partial charge in [-0.05, 0) is 44.9 Å². The summed E-state index contributed by atoms with van der Waals surface area (Å²) < 4.78 is 5.59. The fraction of sp³-hybridized carbons (Fsp3) is 0.571. The molecule has 20 heavy (non-hydrogen) atoms. The van der Waals surface area contributed by atoms with Crippen LogP contribution < -0.4 is 11.1 Å². The normalized spacial score (nSPS) is 14.5. The van der Waals surface area contributed by atoms with Crippen LogP contribution >= 0.6 is 0 Å². The van der Waals surface area contributed by atoms with Gasteiger partial charge >= 0.3 is 6.03 Å². The number of amides is 3. The first-order valence-corrected chi connectivity index (χ1v) is 6.93. The lowest BCUT2D eigenvalue weighted by Gasteiger charge is -2.20. The van der Waals surface area contributed by atoms with Crippen molar-refractivity contribution in [1.29, 1.82) is 0 Å². The first kappa shape index (κ1) is 14.6. The van der Waals surface area contributed by atoms with Crippen molar-refractivity contribution in [2.24, 2.45) is 5.73 Å². The number of carbonyl (C=O) groups is 2. The van der Waals surface area contributed by atoms with Crippen molar-refractivity contribution < 1.29 is 14.0 Å². The second kappa shape index (κ2) is 6.56. The van der Waals surface area contributed by atoms with Crippen LogP contribution in [0.5, 0.6) is 0 Å². The molecular weight excluding hydrogens is 258 g/mol. The number of furan rings is 1. The average Bonchev–Trinajstić information content (AvgIpc) is 3.11. The highest BCUT2D eigenvalue weighted by Crippen LogP contribution is 2.28. The van der Waals surface area contributed by atoms with Crippen molar-refractivity contribution in [1.82, 2.24) is 10.2 Å². The number of imide groups is 1. The zero-order chi connectivity index (χ0) is 14.5. The molecule has 0 saturated heterocycles. The Morgan fingerprint density at radius 1 is 1.45 bits per heavy atom. The minimum Gasteiger partial charge on any atom is -0.465 e. The van der Waals surface area contributed by atoms with Crippen LogP contribution in [0.15, 0.2) is 16.5 Å².